The van der Waals surface area contributed by atoms with Gasteiger partial charge in [0.25, 0.3) is 0 Å². The second-order valence-corrected chi connectivity index (χ2v) is 6.10. The molecule has 5 atom stereocenters. The SMILES string of the molecule is CC1NC[C@@H]2CC(N)(C(=O)O)[C@@H](CCCB(O)O)[C@H]12. The first-order valence-corrected chi connectivity index (χ1v) is 6.98. The summed E-state index contributed by atoms with van der Waals surface area (Å²) in [4.78, 5) is 11.5. The Hall–Kier alpha value is -0.625. The van der Waals surface area contributed by atoms with Crippen molar-refractivity contribution in [3.63, 3.8) is 0 Å². The van der Waals surface area contributed by atoms with Crippen molar-refractivity contribution < 1.29 is 19.9 Å². The summed E-state index contributed by atoms with van der Waals surface area (Å²) in [5.74, 6) is -0.431. The number of hydrogen-bond donors (Lipinski definition) is 5. The minimum Gasteiger partial charge on any atom is -0.480 e. The Kier molecular flexibility index (Phi) is 4.20. The fourth-order valence-corrected chi connectivity index (χ4v) is 4.05. The van der Waals surface area contributed by atoms with E-state index >= 15 is 0 Å². The largest absolute Gasteiger partial charge is 0.480 e. The normalized spacial score (nSPS) is 41.3. The molecular weight excluding hydrogens is 247 g/mol. The van der Waals surface area contributed by atoms with Gasteiger partial charge < -0.3 is 26.2 Å². The van der Waals surface area contributed by atoms with Crippen molar-refractivity contribution in [3.8, 4) is 0 Å². The number of carboxylic acid groups (broad SMARTS) is 1. The minimum atomic E-state index is -1.33. The van der Waals surface area contributed by atoms with Gasteiger partial charge in [-0.05, 0) is 50.4 Å². The standard InChI is InChI=1S/C12H23BN2O4/c1-7-10-8(6-15-7)5-12(14,11(16)17)9(10)3-2-4-13(18)19/h7-10,15,18-19H,2-6,14H2,1H3,(H,16,17)/t7?,8-,9-,10+,12?/m0/s1. The Labute approximate surface area is 113 Å². The summed E-state index contributed by atoms with van der Waals surface area (Å²) in [6.07, 6.45) is 2.00. The van der Waals surface area contributed by atoms with Gasteiger partial charge >= 0.3 is 13.1 Å². The number of carboxylic acids is 1. The van der Waals surface area contributed by atoms with Crippen LogP contribution in [0.1, 0.15) is 26.2 Å². The fraction of sp³-hybridized carbons (Fsp3) is 0.917. The lowest BCUT2D eigenvalue weighted by Crippen LogP contribution is -2.53. The Morgan fingerprint density at radius 2 is 2.21 bits per heavy atom. The van der Waals surface area contributed by atoms with Crippen LogP contribution in [-0.2, 0) is 4.79 Å². The third-order valence-corrected chi connectivity index (χ3v) is 4.93. The molecule has 1 aliphatic heterocycles. The predicted octanol–water partition coefficient (Wildman–Crippen LogP) is -0.734. The molecular formula is C12H23BN2O4. The zero-order chi connectivity index (χ0) is 14.2. The van der Waals surface area contributed by atoms with Gasteiger partial charge in [0.05, 0.1) is 0 Å². The van der Waals surface area contributed by atoms with Crippen molar-refractivity contribution in [1.82, 2.24) is 5.32 Å². The van der Waals surface area contributed by atoms with E-state index in [0.717, 1.165) is 6.54 Å². The first-order chi connectivity index (χ1) is 8.86. The maximum atomic E-state index is 11.5. The summed E-state index contributed by atoms with van der Waals surface area (Å²) in [5.41, 5.74) is 5.00. The molecule has 6 nitrogen and oxygen atoms in total. The molecule has 1 aliphatic carbocycles. The van der Waals surface area contributed by atoms with Gasteiger partial charge in [-0.2, -0.15) is 0 Å². The first-order valence-electron chi connectivity index (χ1n) is 6.98. The van der Waals surface area contributed by atoms with Gasteiger partial charge in [-0.15, -0.1) is 0 Å². The summed E-state index contributed by atoms with van der Waals surface area (Å²) in [5, 5.41) is 30.6. The average Bonchev–Trinajstić information content (AvgIpc) is 2.79. The molecule has 0 radical (unpaired) electrons. The van der Waals surface area contributed by atoms with Gasteiger partial charge in [0.15, 0.2) is 0 Å². The summed E-state index contributed by atoms with van der Waals surface area (Å²) in [6.45, 7) is 2.91. The van der Waals surface area contributed by atoms with Crippen LogP contribution in [0.2, 0.25) is 6.32 Å². The average molecular weight is 270 g/mol. The van der Waals surface area contributed by atoms with E-state index in [1.165, 1.54) is 0 Å². The molecule has 2 rings (SSSR count). The van der Waals surface area contributed by atoms with Crippen LogP contribution in [0, 0.1) is 17.8 Å². The minimum absolute atomic E-state index is 0.0984. The Balaban J connectivity index is 2.10. The molecule has 0 amide bonds. The number of fused-ring (bicyclic) bond motifs is 1. The van der Waals surface area contributed by atoms with Gasteiger partial charge in [0, 0.05) is 6.04 Å². The van der Waals surface area contributed by atoms with Crippen molar-refractivity contribution in [2.75, 3.05) is 6.54 Å². The van der Waals surface area contributed by atoms with Crippen molar-refractivity contribution in [2.45, 2.75) is 44.1 Å². The first kappa shape index (κ1) is 14.8. The van der Waals surface area contributed by atoms with Crippen molar-refractivity contribution in [2.24, 2.45) is 23.5 Å². The van der Waals surface area contributed by atoms with Crippen molar-refractivity contribution in [1.29, 1.82) is 0 Å². The van der Waals surface area contributed by atoms with E-state index < -0.39 is 18.6 Å². The van der Waals surface area contributed by atoms with Gasteiger partial charge in [0.1, 0.15) is 5.54 Å². The molecule has 1 saturated carbocycles. The van der Waals surface area contributed by atoms with Crippen LogP contribution < -0.4 is 11.1 Å². The monoisotopic (exact) mass is 270 g/mol. The van der Waals surface area contributed by atoms with Crippen LogP contribution in [0.25, 0.3) is 0 Å². The molecule has 0 bridgehead atoms. The highest BCUT2D eigenvalue weighted by atomic mass is 16.4. The molecule has 6 N–H and O–H groups in total. The molecule has 1 saturated heterocycles. The number of aliphatic carboxylic acids is 1. The molecule has 2 unspecified atom stereocenters. The number of nitrogens with one attached hydrogen (secondary N) is 1. The molecule has 0 aromatic rings. The third-order valence-electron chi connectivity index (χ3n) is 4.93. The van der Waals surface area contributed by atoms with Crippen LogP contribution in [-0.4, -0.2) is 46.4 Å². The van der Waals surface area contributed by atoms with Crippen LogP contribution >= 0.6 is 0 Å². The van der Waals surface area contributed by atoms with Crippen LogP contribution in [0.5, 0.6) is 0 Å². The van der Waals surface area contributed by atoms with E-state index in [0.29, 0.717) is 25.2 Å². The Morgan fingerprint density at radius 3 is 2.79 bits per heavy atom. The highest BCUT2D eigenvalue weighted by Gasteiger charge is 2.58. The highest BCUT2D eigenvalue weighted by molar-refractivity contribution is 6.40. The molecule has 2 fully saturated rings. The Bertz CT molecular complexity index is 355. The van der Waals surface area contributed by atoms with E-state index in [-0.39, 0.29) is 24.2 Å². The molecule has 0 aromatic heterocycles. The quantitative estimate of drug-likeness (QED) is 0.420. The summed E-state index contributed by atoms with van der Waals surface area (Å²) >= 11 is 0. The van der Waals surface area contributed by atoms with Crippen molar-refractivity contribution in [3.05, 3.63) is 0 Å². The second-order valence-electron chi connectivity index (χ2n) is 6.10. The molecule has 7 heteroatoms. The van der Waals surface area contributed by atoms with Gasteiger partial charge in [0.2, 0.25) is 0 Å². The van der Waals surface area contributed by atoms with E-state index in [4.69, 9.17) is 15.8 Å². The van der Waals surface area contributed by atoms with E-state index in [9.17, 15) is 9.90 Å². The van der Waals surface area contributed by atoms with Gasteiger partial charge in [-0.25, -0.2) is 0 Å². The van der Waals surface area contributed by atoms with E-state index in [2.05, 4.69) is 12.2 Å². The van der Waals surface area contributed by atoms with Crippen LogP contribution in [0.3, 0.4) is 0 Å². The summed E-state index contributed by atoms with van der Waals surface area (Å²) < 4.78 is 0. The van der Waals surface area contributed by atoms with Gasteiger partial charge in [-0.3, -0.25) is 4.79 Å². The topological polar surface area (TPSA) is 116 Å². The molecule has 19 heavy (non-hydrogen) atoms. The smallest absolute Gasteiger partial charge is 0.451 e. The van der Waals surface area contributed by atoms with E-state index in [1.807, 2.05) is 0 Å². The fourth-order valence-electron chi connectivity index (χ4n) is 4.05. The summed E-state index contributed by atoms with van der Waals surface area (Å²) in [6, 6.07) is 0.277. The third kappa shape index (κ3) is 2.65. The number of hydrogen-bond acceptors (Lipinski definition) is 5. The maximum Gasteiger partial charge on any atom is 0.451 e. The zero-order valence-electron chi connectivity index (χ0n) is 11.2. The molecule has 0 aromatic carbocycles. The van der Waals surface area contributed by atoms with E-state index in [1.54, 1.807) is 0 Å². The number of carbonyl (C=O) groups is 1. The number of rotatable bonds is 5. The summed E-state index contributed by atoms with van der Waals surface area (Å²) in [7, 11) is -1.33. The van der Waals surface area contributed by atoms with Crippen molar-refractivity contribution >= 4 is 13.1 Å². The lowest BCUT2D eigenvalue weighted by atomic mass is 9.74. The van der Waals surface area contributed by atoms with Crippen LogP contribution in [0.15, 0.2) is 0 Å². The zero-order valence-corrected chi connectivity index (χ0v) is 11.2. The lowest BCUT2D eigenvalue weighted by Gasteiger charge is -2.32. The van der Waals surface area contributed by atoms with Crippen LogP contribution in [0.4, 0.5) is 0 Å². The Morgan fingerprint density at radius 1 is 1.53 bits per heavy atom. The molecule has 1 heterocycles. The lowest BCUT2D eigenvalue weighted by molar-refractivity contribution is -0.145. The molecule has 2 aliphatic rings. The highest BCUT2D eigenvalue weighted by Crippen LogP contribution is 2.49. The second kappa shape index (κ2) is 5.40. The molecule has 0 spiro atoms. The maximum absolute atomic E-state index is 11.5. The van der Waals surface area contributed by atoms with Gasteiger partial charge in [-0.1, -0.05) is 6.42 Å². The predicted molar refractivity (Wildman–Crippen MR) is 71.3 cm³/mol. The number of nitrogens with two attached hydrogens (primary N) is 1. The molecule has 108 valence electrons.